The Labute approximate surface area is 195 Å². The summed E-state index contributed by atoms with van der Waals surface area (Å²) in [5.74, 6) is -2.54. The predicted molar refractivity (Wildman–Crippen MR) is 121 cm³/mol. The van der Waals surface area contributed by atoms with Crippen LogP contribution in [-0.2, 0) is 42.9 Å². The highest BCUT2D eigenvalue weighted by molar-refractivity contribution is 5.87. The highest BCUT2D eigenvalue weighted by Crippen LogP contribution is 2.24. The Morgan fingerprint density at radius 3 is 1.79 bits per heavy atom. The zero-order valence-electron chi connectivity index (χ0n) is 19.5. The molecule has 0 aliphatic rings. The number of carbonyl (C=O) groups is 4. The molecule has 33 heavy (non-hydrogen) atoms. The van der Waals surface area contributed by atoms with Gasteiger partial charge in [-0.05, 0) is 25.2 Å². The molecule has 0 spiro atoms. The summed E-state index contributed by atoms with van der Waals surface area (Å²) in [4.78, 5) is 46.3. The number of hydrogen-bond donors (Lipinski definition) is 0. The zero-order valence-corrected chi connectivity index (χ0v) is 19.5. The van der Waals surface area contributed by atoms with Crippen molar-refractivity contribution >= 4 is 23.9 Å². The molecular weight excluding hydrogens is 432 g/mol. The second-order valence-corrected chi connectivity index (χ2v) is 7.29. The molecular formula is C24H34O9. The summed E-state index contributed by atoms with van der Waals surface area (Å²) < 4.78 is 25.8. The fraction of sp³-hybridized carbons (Fsp3) is 0.500. The second kappa shape index (κ2) is 16.4. The van der Waals surface area contributed by atoms with Gasteiger partial charge in [0.2, 0.25) is 0 Å². The lowest BCUT2D eigenvalue weighted by molar-refractivity contribution is -0.163. The maximum atomic E-state index is 12.2. The van der Waals surface area contributed by atoms with Gasteiger partial charge in [0.05, 0.1) is 18.6 Å². The maximum absolute atomic E-state index is 12.2. The molecule has 0 aliphatic heterocycles. The first kappa shape index (κ1) is 29.8. The Morgan fingerprint density at radius 1 is 0.818 bits per heavy atom. The van der Waals surface area contributed by atoms with Gasteiger partial charge < -0.3 is 23.7 Å². The van der Waals surface area contributed by atoms with E-state index >= 15 is 0 Å². The topological polar surface area (TPSA) is 114 Å². The van der Waals surface area contributed by atoms with Gasteiger partial charge >= 0.3 is 23.9 Å². The molecule has 0 aromatic rings. The van der Waals surface area contributed by atoms with Gasteiger partial charge in [-0.2, -0.15) is 0 Å². The van der Waals surface area contributed by atoms with Gasteiger partial charge in [0.1, 0.15) is 13.2 Å². The molecule has 0 heterocycles. The van der Waals surface area contributed by atoms with Crippen LogP contribution in [0.25, 0.3) is 0 Å². The molecule has 0 bridgehead atoms. The lowest BCUT2D eigenvalue weighted by Crippen LogP contribution is -2.38. The van der Waals surface area contributed by atoms with Crippen molar-refractivity contribution < 1.29 is 42.9 Å². The van der Waals surface area contributed by atoms with Crippen LogP contribution in [-0.4, -0.2) is 57.1 Å². The van der Waals surface area contributed by atoms with Gasteiger partial charge in [-0.25, -0.2) is 19.2 Å². The quantitative estimate of drug-likeness (QED) is 0.0988. The van der Waals surface area contributed by atoms with Crippen LogP contribution < -0.4 is 0 Å². The molecule has 1 atom stereocenters. The van der Waals surface area contributed by atoms with Crippen LogP contribution in [0.2, 0.25) is 0 Å². The largest absolute Gasteiger partial charge is 0.462 e. The van der Waals surface area contributed by atoms with Crippen LogP contribution >= 0.6 is 0 Å². The summed E-state index contributed by atoms with van der Waals surface area (Å²) in [5, 5.41) is 0. The van der Waals surface area contributed by atoms with E-state index in [1.807, 2.05) is 13.8 Å². The minimum atomic E-state index is -0.858. The molecule has 0 saturated heterocycles. The Kier molecular flexibility index (Phi) is 14.8. The molecule has 0 rings (SSSR count). The summed E-state index contributed by atoms with van der Waals surface area (Å²) >= 11 is 0. The number of carbonyl (C=O) groups excluding carboxylic acids is 4. The van der Waals surface area contributed by atoms with E-state index in [2.05, 4.69) is 26.3 Å². The molecule has 9 nitrogen and oxygen atoms in total. The normalized spacial score (nSPS) is 11.5. The lowest BCUT2D eigenvalue weighted by atomic mass is 9.88. The Morgan fingerprint density at radius 2 is 1.33 bits per heavy atom. The Balaban J connectivity index is 4.75. The first-order chi connectivity index (χ1) is 15.7. The van der Waals surface area contributed by atoms with E-state index in [1.54, 1.807) is 0 Å². The number of esters is 4. The van der Waals surface area contributed by atoms with Crippen molar-refractivity contribution in [3.05, 3.63) is 50.1 Å². The molecule has 1 unspecified atom stereocenters. The summed E-state index contributed by atoms with van der Waals surface area (Å²) in [7, 11) is 0. The van der Waals surface area contributed by atoms with Crippen molar-refractivity contribution in [3.8, 4) is 0 Å². The first-order valence-electron chi connectivity index (χ1n) is 10.5. The van der Waals surface area contributed by atoms with Crippen molar-refractivity contribution in [3.63, 3.8) is 0 Å². The summed E-state index contributed by atoms with van der Waals surface area (Å²) in [5.41, 5.74) is -0.648. The third-order valence-electron chi connectivity index (χ3n) is 4.84. The smallest absolute Gasteiger partial charge is 0.335 e. The van der Waals surface area contributed by atoms with Gasteiger partial charge in [0.25, 0.3) is 0 Å². The Hall–Kier alpha value is -3.20. The minimum absolute atomic E-state index is 0.0206. The number of ether oxygens (including phenoxy) is 5. The summed E-state index contributed by atoms with van der Waals surface area (Å²) in [6.07, 6.45) is 4.50. The average Bonchev–Trinajstić information content (AvgIpc) is 2.84. The molecule has 0 saturated carbocycles. The number of rotatable bonds is 18. The highest BCUT2D eigenvalue weighted by atomic mass is 16.7. The highest BCUT2D eigenvalue weighted by Gasteiger charge is 2.32. The van der Waals surface area contributed by atoms with Crippen LogP contribution in [0.15, 0.2) is 50.1 Å². The molecule has 0 aromatic carbocycles. The standard InChI is InChI=1S/C24H34O9/c1-7-19(13-30-20(25)8-2)12-18(6)23(28)33-17-29-14-24(11-5,15-31-21(26)9-3)16-32-22(27)10-4/h8-10,19H,2-4,6-7,11-17H2,1,5H3. The predicted octanol–water partition coefficient (Wildman–Crippen LogP) is 3.06. The maximum Gasteiger partial charge on any atom is 0.335 e. The van der Waals surface area contributed by atoms with E-state index in [0.29, 0.717) is 12.8 Å². The number of hydrogen-bond acceptors (Lipinski definition) is 9. The summed E-state index contributed by atoms with van der Waals surface area (Å²) in [6.45, 7) is 17.0. The second-order valence-electron chi connectivity index (χ2n) is 7.29. The summed E-state index contributed by atoms with van der Waals surface area (Å²) in [6, 6.07) is 0. The molecule has 0 aromatic heterocycles. The van der Waals surface area contributed by atoms with E-state index in [4.69, 9.17) is 23.7 Å². The zero-order chi connectivity index (χ0) is 25.3. The van der Waals surface area contributed by atoms with Crippen LogP contribution in [0.4, 0.5) is 0 Å². The third kappa shape index (κ3) is 12.4. The fourth-order valence-corrected chi connectivity index (χ4v) is 2.46. The molecule has 0 fully saturated rings. The van der Waals surface area contributed by atoms with Gasteiger partial charge in [0.15, 0.2) is 6.79 Å². The molecule has 184 valence electrons. The van der Waals surface area contributed by atoms with Crippen molar-refractivity contribution in [1.82, 2.24) is 0 Å². The molecule has 0 amide bonds. The van der Waals surface area contributed by atoms with Crippen molar-refractivity contribution in [2.24, 2.45) is 11.3 Å². The SMILES string of the molecule is C=CC(=O)OCC(CC)CC(=C)C(=O)OCOCC(CC)(COC(=O)C=C)COC(=O)C=C. The van der Waals surface area contributed by atoms with Gasteiger partial charge in [-0.15, -0.1) is 0 Å². The first-order valence-corrected chi connectivity index (χ1v) is 10.5. The van der Waals surface area contributed by atoms with Crippen LogP contribution in [0.5, 0.6) is 0 Å². The third-order valence-corrected chi connectivity index (χ3v) is 4.84. The van der Waals surface area contributed by atoms with E-state index in [-0.39, 0.29) is 51.1 Å². The van der Waals surface area contributed by atoms with E-state index in [0.717, 1.165) is 18.2 Å². The van der Waals surface area contributed by atoms with Gasteiger partial charge in [-0.3, -0.25) is 0 Å². The van der Waals surface area contributed by atoms with Crippen molar-refractivity contribution in [2.75, 3.05) is 33.2 Å². The molecule has 0 radical (unpaired) electrons. The fourth-order valence-electron chi connectivity index (χ4n) is 2.46. The van der Waals surface area contributed by atoms with E-state index in [9.17, 15) is 19.2 Å². The van der Waals surface area contributed by atoms with Crippen LogP contribution in [0, 0.1) is 11.3 Å². The Bertz CT molecular complexity index is 699. The van der Waals surface area contributed by atoms with Crippen molar-refractivity contribution in [1.29, 1.82) is 0 Å². The molecule has 0 aliphatic carbocycles. The lowest BCUT2D eigenvalue weighted by Gasteiger charge is -2.30. The van der Waals surface area contributed by atoms with E-state index < -0.39 is 29.3 Å². The molecule has 9 heteroatoms. The average molecular weight is 467 g/mol. The minimum Gasteiger partial charge on any atom is -0.462 e. The van der Waals surface area contributed by atoms with Gasteiger partial charge in [0, 0.05) is 23.8 Å². The van der Waals surface area contributed by atoms with Crippen molar-refractivity contribution in [2.45, 2.75) is 33.1 Å². The van der Waals surface area contributed by atoms with Gasteiger partial charge in [-0.1, -0.05) is 40.2 Å². The van der Waals surface area contributed by atoms with Crippen LogP contribution in [0.1, 0.15) is 33.1 Å². The van der Waals surface area contributed by atoms with E-state index in [1.165, 1.54) is 0 Å². The monoisotopic (exact) mass is 466 g/mol. The van der Waals surface area contributed by atoms with Crippen LogP contribution in [0.3, 0.4) is 0 Å². The molecule has 0 N–H and O–H groups in total.